The lowest BCUT2D eigenvalue weighted by molar-refractivity contribution is 0.583. The summed E-state index contributed by atoms with van der Waals surface area (Å²) in [6.45, 7) is 4.97. The van der Waals surface area contributed by atoms with Gasteiger partial charge in [-0.05, 0) is 41.4 Å². The van der Waals surface area contributed by atoms with Crippen LogP contribution in [0, 0.1) is 11.6 Å². The van der Waals surface area contributed by atoms with Crippen molar-refractivity contribution in [2.24, 2.45) is 0 Å². The average Bonchev–Trinajstić information content (AvgIpc) is 2.73. The maximum Gasteiger partial charge on any atom is 0.150 e. The number of aromatic nitrogens is 2. The number of nitrogens with zero attached hydrogens (tertiary/aromatic N) is 2. The van der Waals surface area contributed by atoms with Crippen LogP contribution in [-0.4, -0.2) is 9.78 Å². The predicted molar refractivity (Wildman–Crippen MR) is 86.4 cm³/mol. The molecule has 1 aromatic heterocycles. The van der Waals surface area contributed by atoms with Gasteiger partial charge in [0.05, 0.1) is 22.4 Å². The van der Waals surface area contributed by atoms with Crippen LogP contribution in [0.4, 0.5) is 14.5 Å². The summed E-state index contributed by atoms with van der Waals surface area (Å²) in [6, 6.07) is 2.46. The van der Waals surface area contributed by atoms with E-state index in [-0.39, 0.29) is 12.2 Å². The van der Waals surface area contributed by atoms with E-state index in [9.17, 15) is 8.78 Å². The molecule has 0 aliphatic carbocycles. The van der Waals surface area contributed by atoms with E-state index in [1.807, 2.05) is 18.5 Å². The minimum Gasteiger partial charge on any atom is -0.375 e. The van der Waals surface area contributed by atoms with Crippen LogP contribution in [0.5, 0.6) is 0 Å². The first-order valence-electron chi connectivity index (χ1n) is 6.60. The topological polar surface area (TPSA) is 29.9 Å². The molecule has 0 amide bonds. The van der Waals surface area contributed by atoms with Crippen LogP contribution in [0.3, 0.4) is 0 Å². The number of rotatable bonds is 5. The van der Waals surface area contributed by atoms with Gasteiger partial charge in [0.2, 0.25) is 0 Å². The smallest absolute Gasteiger partial charge is 0.150 e. The molecule has 0 aliphatic heterocycles. The second-order valence-corrected chi connectivity index (χ2v) is 6.18. The standard InChI is InChI=1S/C14H15Br2F2N3/c1-3-11-13(16)12(21(4-2)20-11)7-19-14-9(17)5-8(15)6-10(14)18/h5-6,19H,3-4,7H2,1-2H3. The Morgan fingerprint density at radius 1 is 1.19 bits per heavy atom. The summed E-state index contributed by atoms with van der Waals surface area (Å²) in [7, 11) is 0. The van der Waals surface area contributed by atoms with Crippen LogP contribution in [0.2, 0.25) is 0 Å². The quantitative estimate of drug-likeness (QED) is 0.743. The van der Waals surface area contributed by atoms with Gasteiger partial charge in [-0.3, -0.25) is 4.68 Å². The summed E-state index contributed by atoms with van der Waals surface area (Å²) in [5.74, 6) is -1.26. The van der Waals surface area contributed by atoms with E-state index < -0.39 is 11.6 Å². The van der Waals surface area contributed by atoms with E-state index in [4.69, 9.17) is 0 Å². The van der Waals surface area contributed by atoms with Gasteiger partial charge in [-0.1, -0.05) is 22.9 Å². The van der Waals surface area contributed by atoms with Gasteiger partial charge in [0.25, 0.3) is 0 Å². The van der Waals surface area contributed by atoms with Crippen LogP contribution in [0.1, 0.15) is 25.2 Å². The van der Waals surface area contributed by atoms with E-state index in [2.05, 4.69) is 42.3 Å². The lowest BCUT2D eigenvalue weighted by Gasteiger charge is -2.11. The molecular formula is C14H15Br2F2N3. The summed E-state index contributed by atoms with van der Waals surface area (Å²) >= 11 is 6.57. The molecule has 1 heterocycles. The highest BCUT2D eigenvalue weighted by Gasteiger charge is 2.16. The molecule has 0 atom stereocenters. The Morgan fingerprint density at radius 3 is 2.33 bits per heavy atom. The third-order valence-corrected chi connectivity index (χ3v) is 4.51. The summed E-state index contributed by atoms with van der Waals surface area (Å²) in [5, 5.41) is 7.27. The van der Waals surface area contributed by atoms with Crippen molar-refractivity contribution >= 4 is 37.5 Å². The highest BCUT2D eigenvalue weighted by atomic mass is 79.9. The molecule has 114 valence electrons. The van der Waals surface area contributed by atoms with Gasteiger partial charge < -0.3 is 5.32 Å². The normalized spacial score (nSPS) is 11.0. The number of hydrogen-bond donors (Lipinski definition) is 1. The Balaban J connectivity index is 2.26. The second kappa shape index (κ2) is 6.87. The molecule has 2 rings (SSSR count). The van der Waals surface area contributed by atoms with Gasteiger partial charge in [0.1, 0.15) is 17.3 Å². The maximum atomic E-state index is 13.8. The summed E-state index contributed by atoms with van der Waals surface area (Å²) < 4.78 is 30.7. The fraction of sp³-hybridized carbons (Fsp3) is 0.357. The minimum atomic E-state index is -0.628. The Bertz CT molecular complexity index is 633. The van der Waals surface area contributed by atoms with Crippen LogP contribution < -0.4 is 5.32 Å². The van der Waals surface area contributed by atoms with Gasteiger partial charge >= 0.3 is 0 Å². The highest BCUT2D eigenvalue weighted by molar-refractivity contribution is 9.10. The van der Waals surface area contributed by atoms with Crippen molar-refractivity contribution in [1.82, 2.24) is 9.78 Å². The molecule has 0 unspecified atom stereocenters. The third-order valence-electron chi connectivity index (χ3n) is 3.13. The Kier molecular flexibility index (Phi) is 5.37. The van der Waals surface area contributed by atoms with Crippen LogP contribution in [0.25, 0.3) is 0 Å². The van der Waals surface area contributed by atoms with Crippen molar-refractivity contribution < 1.29 is 8.78 Å². The Morgan fingerprint density at radius 2 is 1.81 bits per heavy atom. The number of hydrogen-bond acceptors (Lipinski definition) is 2. The summed E-state index contributed by atoms with van der Waals surface area (Å²) in [4.78, 5) is 0. The molecular weight excluding hydrogens is 408 g/mol. The molecule has 0 radical (unpaired) electrons. The van der Waals surface area contributed by atoms with Crippen molar-refractivity contribution in [3.63, 3.8) is 0 Å². The van der Waals surface area contributed by atoms with Gasteiger partial charge in [0, 0.05) is 11.0 Å². The van der Waals surface area contributed by atoms with E-state index in [0.717, 1.165) is 22.3 Å². The fourth-order valence-electron chi connectivity index (χ4n) is 2.07. The highest BCUT2D eigenvalue weighted by Crippen LogP contribution is 2.27. The van der Waals surface area contributed by atoms with Gasteiger partial charge in [-0.25, -0.2) is 8.78 Å². The number of halogens is 4. The molecule has 21 heavy (non-hydrogen) atoms. The molecule has 0 spiro atoms. The van der Waals surface area contributed by atoms with E-state index >= 15 is 0 Å². The molecule has 0 saturated heterocycles. The van der Waals surface area contributed by atoms with Gasteiger partial charge in [-0.2, -0.15) is 5.10 Å². The van der Waals surface area contributed by atoms with Crippen molar-refractivity contribution in [2.45, 2.75) is 33.4 Å². The Hall–Kier alpha value is -0.950. The van der Waals surface area contributed by atoms with Gasteiger partial charge in [-0.15, -0.1) is 0 Å². The summed E-state index contributed by atoms with van der Waals surface area (Å²) in [5.41, 5.74) is 1.67. The van der Waals surface area contributed by atoms with E-state index in [0.29, 0.717) is 11.0 Å². The van der Waals surface area contributed by atoms with Gasteiger partial charge in [0.15, 0.2) is 0 Å². The molecule has 3 nitrogen and oxygen atoms in total. The molecule has 0 saturated carbocycles. The zero-order valence-electron chi connectivity index (χ0n) is 11.7. The molecule has 1 aromatic carbocycles. The molecule has 0 bridgehead atoms. The third kappa shape index (κ3) is 3.45. The number of nitrogens with one attached hydrogen (secondary N) is 1. The minimum absolute atomic E-state index is 0.132. The fourth-order valence-corrected chi connectivity index (χ4v) is 3.18. The zero-order valence-corrected chi connectivity index (χ0v) is 14.9. The lowest BCUT2D eigenvalue weighted by atomic mass is 10.2. The number of benzene rings is 1. The Labute approximate surface area is 139 Å². The van der Waals surface area contributed by atoms with Crippen LogP contribution in [-0.2, 0) is 19.5 Å². The van der Waals surface area contributed by atoms with E-state index in [1.54, 1.807) is 0 Å². The SMILES string of the molecule is CCc1nn(CC)c(CNc2c(F)cc(Br)cc2F)c1Br. The average molecular weight is 423 g/mol. The number of anilines is 1. The van der Waals surface area contributed by atoms with Crippen LogP contribution >= 0.6 is 31.9 Å². The van der Waals surface area contributed by atoms with E-state index in [1.165, 1.54) is 12.1 Å². The van der Waals surface area contributed by atoms with Crippen LogP contribution in [0.15, 0.2) is 21.1 Å². The molecule has 7 heteroatoms. The summed E-state index contributed by atoms with van der Waals surface area (Å²) in [6.07, 6.45) is 0.793. The first-order valence-corrected chi connectivity index (χ1v) is 8.18. The van der Waals surface area contributed by atoms with Crippen molar-refractivity contribution in [1.29, 1.82) is 0 Å². The van der Waals surface area contributed by atoms with Crippen molar-refractivity contribution in [3.8, 4) is 0 Å². The molecule has 2 aromatic rings. The van der Waals surface area contributed by atoms with Crippen molar-refractivity contribution in [2.75, 3.05) is 5.32 Å². The maximum absolute atomic E-state index is 13.8. The molecule has 0 fully saturated rings. The molecule has 0 aliphatic rings. The lowest BCUT2D eigenvalue weighted by Crippen LogP contribution is -2.10. The predicted octanol–water partition coefficient (Wildman–Crippen LogP) is 4.88. The van der Waals surface area contributed by atoms with Crippen molar-refractivity contribution in [3.05, 3.63) is 44.1 Å². The first-order chi connectivity index (χ1) is 9.97. The number of aryl methyl sites for hydroxylation is 2. The largest absolute Gasteiger partial charge is 0.375 e. The zero-order chi connectivity index (χ0) is 15.6. The molecule has 1 N–H and O–H groups in total. The first kappa shape index (κ1) is 16.4. The second-order valence-electron chi connectivity index (χ2n) is 4.47. The monoisotopic (exact) mass is 421 g/mol.